The summed E-state index contributed by atoms with van der Waals surface area (Å²) in [5.74, 6) is 4.51. The number of nitrogens with one attached hydrogen (secondary N) is 1. The maximum absolute atomic E-state index is 3.76. The molecule has 2 aliphatic carbocycles. The van der Waals surface area contributed by atoms with Crippen LogP contribution >= 0.6 is 11.8 Å². The maximum Gasteiger partial charge on any atom is 0.0130 e. The average molecular weight is 241 g/mol. The molecule has 2 rings (SSSR count). The molecular weight excluding hydrogens is 214 g/mol. The van der Waals surface area contributed by atoms with Gasteiger partial charge in [0.05, 0.1) is 0 Å². The van der Waals surface area contributed by atoms with Gasteiger partial charge in [0.15, 0.2) is 0 Å². The van der Waals surface area contributed by atoms with E-state index in [1.54, 1.807) is 0 Å². The Hall–Kier alpha value is 0.310. The smallest absolute Gasteiger partial charge is 0.0130 e. The molecular formula is C14H27NS. The van der Waals surface area contributed by atoms with Gasteiger partial charge in [-0.15, -0.1) is 0 Å². The minimum atomic E-state index is 0.694. The second kappa shape index (κ2) is 5.30. The summed E-state index contributed by atoms with van der Waals surface area (Å²) in [7, 11) is 0. The Balaban J connectivity index is 1.55. The Morgan fingerprint density at radius 2 is 1.88 bits per heavy atom. The molecule has 2 fully saturated rings. The second-order valence-corrected chi connectivity index (χ2v) is 7.42. The fraction of sp³-hybridized carbons (Fsp3) is 1.00. The summed E-state index contributed by atoms with van der Waals surface area (Å²) in [6.07, 6.45) is 6.02. The lowest BCUT2D eigenvalue weighted by Crippen LogP contribution is -2.34. The molecule has 0 radical (unpaired) electrons. The van der Waals surface area contributed by atoms with Gasteiger partial charge < -0.3 is 5.32 Å². The van der Waals surface area contributed by atoms with Crippen LogP contribution in [-0.2, 0) is 0 Å². The van der Waals surface area contributed by atoms with Crippen molar-refractivity contribution in [1.29, 1.82) is 0 Å². The standard InChI is InChI=1S/C14H27NS/c1-11(2)8-16-9-12(3)15-10-14(6-7-14)13-4-5-13/h11-13,15H,4-10H2,1-3H3. The van der Waals surface area contributed by atoms with Gasteiger partial charge in [-0.2, -0.15) is 11.8 Å². The highest BCUT2D eigenvalue weighted by Crippen LogP contribution is 2.60. The summed E-state index contributed by atoms with van der Waals surface area (Å²) in [6, 6.07) is 0.694. The molecule has 1 atom stereocenters. The van der Waals surface area contributed by atoms with Gasteiger partial charge >= 0.3 is 0 Å². The summed E-state index contributed by atoms with van der Waals surface area (Å²) in [5, 5.41) is 3.76. The Kier molecular flexibility index (Phi) is 4.23. The van der Waals surface area contributed by atoms with Crippen LogP contribution in [0.4, 0.5) is 0 Å². The number of thioether (sulfide) groups is 1. The molecule has 0 spiro atoms. The van der Waals surface area contributed by atoms with Crippen LogP contribution < -0.4 is 5.32 Å². The predicted octanol–water partition coefficient (Wildman–Crippen LogP) is 3.54. The van der Waals surface area contributed by atoms with E-state index in [0.717, 1.165) is 17.3 Å². The summed E-state index contributed by atoms with van der Waals surface area (Å²) < 4.78 is 0. The maximum atomic E-state index is 3.76. The summed E-state index contributed by atoms with van der Waals surface area (Å²) in [4.78, 5) is 0. The molecule has 0 aromatic heterocycles. The van der Waals surface area contributed by atoms with E-state index < -0.39 is 0 Å². The lowest BCUT2D eigenvalue weighted by atomic mass is 10.0. The van der Waals surface area contributed by atoms with Gasteiger partial charge in [0.2, 0.25) is 0 Å². The summed E-state index contributed by atoms with van der Waals surface area (Å²) in [6.45, 7) is 8.24. The van der Waals surface area contributed by atoms with Crippen LogP contribution in [0.2, 0.25) is 0 Å². The Morgan fingerprint density at radius 3 is 2.38 bits per heavy atom. The third-order valence-corrected chi connectivity index (χ3v) is 5.60. The monoisotopic (exact) mass is 241 g/mol. The first-order valence-electron chi connectivity index (χ1n) is 6.93. The highest BCUT2D eigenvalue weighted by molar-refractivity contribution is 7.99. The summed E-state index contributed by atoms with van der Waals surface area (Å²) >= 11 is 2.10. The molecule has 0 aromatic rings. The quantitative estimate of drug-likeness (QED) is 0.697. The van der Waals surface area contributed by atoms with Crippen LogP contribution in [0.25, 0.3) is 0 Å². The first-order chi connectivity index (χ1) is 7.62. The molecule has 16 heavy (non-hydrogen) atoms. The first kappa shape index (κ1) is 12.8. The highest BCUT2D eigenvalue weighted by Gasteiger charge is 2.53. The molecule has 0 aliphatic heterocycles. The molecule has 1 nitrogen and oxygen atoms in total. The largest absolute Gasteiger partial charge is 0.313 e. The molecule has 0 amide bonds. The Bertz CT molecular complexity index is 219. The van der Waals surface area contributed by atoms with E-state index in [1.165, 1.54) is 43.7 Å². The van der Waals surface area contributed by atoms with Crippen molar-refractivity contribution in [2.24, 2.45) is 17.3 Å². The van der Waals surface area contributed by atoms with E-state index >= 15 is 0 Å². The van der Waals surface area contributed by atoms with Gasteiger partial charge in [-0.1, -0.05) is 13.8 Å². The van der Waals surface area contributed by atoms with Crippen molar-refractivity contribution < 1.29 is 0 Å². The zero-order chi connectivity index (χ0) is 11.6. The molecule has 1 unspecified atom stereocenters. The zero-order valence-electron chi connectivity index (χ0n) is 11.1. The fourth-order valence-electron chi connectivity index (χ4n) is 2.50. The zero-order valence-corrected chi connectivity index (χ0v) is 11.9. The van der Waals surface area contributed by atoms with Crippen LogP contribution in [0.15, 0.2) is 0 Å². The van der Waals surface area contributed by atoms with Crippen molar-refractivity contribution in [2.45, 2.75) is 52.5 Å². The highest BCUT2D eigenvalue weighted by atomic mass is 32.2. The molecule has 0 bridgehead atoms. The minimum absolute atomic E-state index is 0.694. The van der Waals surface area contributed by atoms with E-state index in [-0.39, 0.29) is 0 Å². The van der Waals surface area contributed by atoms with Gasteiger partial charge in [0.1, 0.15) is 0 Å². The van der Waals surface area contributed by atoms with E-state index in [9.17, 15) is 0 Å². The van der Waals surface area contributed by atoms with E-state index in [1.807, 2.05) is 0 Å². The molecule has 1 N–H and O–H groups in total. The van der Waals surface area contributed by atoms with Crippen LogP contribution in [0, 0.1) is 17.3 Å². The molecule has 2 heteroatoms. The van der Waals surface area contributed by atoms with Crippen LogP contribution in [0.3, 0.4) is 0 Å². The van der Waals surface area contributed by atoms with E-state index in [4.69, 9.17) is 0 Å². The van der Waals surface area contributed by atoms with E-state index in [0.29, 0.717) is 6.04 Å². The van der Waals surface area contributed by atoms with Gasteiger partial charge in [0, 0.05) is 18.3 Å². The average Bonchev–Trinajstić information content (AvgIpc) is 3.06. The number of hydrogen-bond acceptors (Lipinski definition) is 2. The van der Waals surface area contributed by atoms with Crippen molar-refractivity contribution in [3.05, 3.63) is 0 Å². The van der Waals surface area contributed by atoms with Crippen molar-refractivity contribution >= 4 is 11.8 Å². The molecule has 0 aromatic carbocycles. The minimum Gasteiger partial charge on any atom is -0.313 e. The predicted molar refractivity (Wildman–Crippen MR) is 74.0 cm³/mol. The SMILES string of the molecule is CC(C)CSCC(C)NCC1(C2CC2)CC1. The van der Waals surface area contributed by atoms with Crippen molar-refractivity contribution in [3.8, 4) is 0 Å². The fourth-order valence-corrected chi connectivity index (χ4v) is 3.58. The number of hydrogen-bond donors (Lipinski definition) is 1. The molecule has 0 saturated heterocycles. The topological polar surface area (TPSA) is 12.0 Å². The molecule has 2 aliphatic rings. The van der Waals surface area contributed by atoms with Crippen LogP contribution in [0.1, 0.15) is 46.5 Å². The van der Waals surface area contributed by atoms with Crippen molar-refractivity contribution in [1.82, 2.24) is 5.32 Å². The third-order valence-electron chi connectivity index (χ3n) is 3.96. The summed E-state index contributed by atoms with van der Waals surface area (Å²) in [5.41, 5.74) is 0.761. The Morgan fingerprint density at radius 1 is 1.19 bits per heavy atom. The molecule has 94 valence electrons. The normalized spacial score (nSPS) is 24.8. The van der Waals surface area contributed by atoms with Gasteiger partial charge in [-0.25, -0.2) is 0 Å². The molecule has 2 saturated carbocycles. The second-order valence-electron chi connectivity index (χ2n) is 6.35. The van der Waals surface area contributed by atoms with Gasteiger partial charge in [-0.05, 0) is 55.6 Å². The van der Waals surface area contributed by atoms with Gasteiger partial charge in [-0.3, -0.25) is 0 Å². The number of rotatable bonds is 8. The third kappa shape index (κ3) is 3.66. The lowest BCUT2D eigenvalue weighted by molar-refractivity contribution is 0.387. The van der Waals surface area contributed by atoms with Crippen molar-refractivity contribution in [3.63, 3.8) is 0 Å². The lowest BCUT2D eigenvalue weighted by Gasteiger charge is -2.19. The van der Waals surface area contributed by atoms with E-state index in [2.05, 4.69) is 37.8 Å². The Labute approximate surface area is 105 Å². The van der Waals surface area contributed by atoms with Crippen molar-refractivity contribution in [2.75, 3.05) is 18.1 Å². The van der Waals surface area contributed by atoms with Crippen LogP contribution in [0.5, 0.6) is 0 Å². The van der Waals surface area contributed by atoms with Crippen LogP contribution in [-0.4, -0.2) is 24.1 Å². The van der Waals surface area contributed by atoms with Gasteiger partial charge in [0.25, 0.3) is 0 Å². The molecule has 0 heterocycles. The first-order valence-corrected chi connectivity index (χ1v) is 8.09.